The second-order valence-corrected chi connectivity index (χ2v) is 10.5. The summed E-state index contributed by atoms with van der Waals surface area (Å²) in [6.07, 6.45) is 5.79. The number of nitriles is 1. The van der Waals surface area contributed by atoms with Gasteiger partial charge in [0.2, 0.25) is 0 Å². The number of pyridine rings is 2. The fourth-order valence-corrected chi connectivity index (χ4v) is 5.29. The first-order chi connectivity index (χ1) is 19.1. The molecular weight excluding hydrogens is 500 g/mol. The number of nitrogens with one attached hydrogen (secondary N) is 1. The van der Waals surface area contributed by atoms with Crippen LogP contribution in [0.2, 0.25) is 0 Å². The minimum Gasteiger partial charge on any atom is -0.354 e. The molecule has 39 heavy (non-hydrogen) atoms. The van der Waals surface area contributed by atoms with Crippen molar-refractivity contribution in [3.05, 3.63) is 103 Å². The van der Waals surface area contributed by atoms with Crippen molar-refractivity contribution in [3.63, 3.8) is 0 Å². The number of para-hydroxylation sites is 1. The van der Waals surface area contributed by atoms with Crippen molar-refractivity contribution in [2.75, 3.05) is 11.6 Å². The Morgan fingerprint density at radius 2 is 1.82 bits per heavy atom. The molecule has 3 aromatic heterocycles. The van der Waals surface area contributed by atoms with Crippen LogP contribution in [0, 0.1) is 11.3 Å². The lowest BCUT2D eigenvalue weighted by atomic mass is 9.98. The maximum Gasteiger partial charge on any atom is 0.163 e. The number of hydrogen-bond donors (Lipinski definition) is 1. The van der Waals surface area contributed by atoms with E-state index in [2.05, 4.69) is 49.5 Å². The lowest BCUT2D eigenvalue weighted by molar-refractivity contribution is 0.776. The molecule has 7 heteroatoms. The van der Waals surface area contributed by atoms with Crippen molar-refractivity contribution in [2.45, 2.75) is 24.7 Å². The van der Waals surface area contributed by atoms with Gasteiger partial charge in [0.15, 0.2) is 5.65 Å². The molecule has 190 valence electrons. The van der Waals surface area contributed by atoms with E-state index in [-0.39, 0.29) is 5.92 Å². The van der Waals surface area contributed by atoms with E-state index < -0.39 is 0 Å². The quantitative estimate of drug-likeness (QED) is 0.221. The van der Waals surface area contributed by atoms with Gasteiger partial charge in [0, 0.05) is 33.9 Å². The van der Waals surface area contributed by atoms with Gasteiger partial charge in [0.1, 0.15) is 6.07 Å². The highest BCUT2D eigenvalue weighted by atomic mass is 32.2. The number of aromatic nitrogens is 4. The van der Waals surface area contributed by atoms with Crippen LogP contribution in [0.5, 0.6) is 0 Å². The lowest BCUT2D eigenvalue weighted by Crippen LogP contribution is -2.01. The molecule has 6 nitrogen and oxygen atoms in total. The van der Waals surface area contributed by atoms with Crippen molar-refractivity contribution in [2.24, 2.45) is 0 Å². The lowest BCUT2D eigenvalue weighted by Gasteiger charge is -2.12. The molecule has 3 heterocycles. The number of rotatable bonds is 6. The van der Waals surface area contributed by atoms with Gasteiger partial charge < -0.3 is 5.32 Å². The summed E-state index contributed by atoms with van der Waals surface area (Å²) in [6.45, 7) is 4.29. The van der Waals surface area contributed by atoms with Gasteiger partial charge in [0.05, 0.1) is 33.5 Å². The normalized spacial score (nSPS) is 11.3. The van der Waals surface area contributed by atoms with Crippen LogP contribution < -0.4 is 5.32 Å². The zero-order chi connectivity index (χ0) is 26.9. The van der Waals surface area contributed by atoms with Crippen LogP contribution in [0.15, 0.2) is 96.2 Å². The first kappa shape index (κ1) is 24.7. The summed E-state index contributed by atoms with van der Waals surface area (Å²) in [5, 5.41) is 20.4. The van der Waals surface area contributed by atoms with Gasteiger partial charge in [0.25, 0.3) is 0 Å². The van der Waals surface area contributed by atoms with Crippen LogP contribution in [0.3, 0.4) is 0 Å². The number of anilines is 2. The molecule has 0 saturated heterocycles. The molecule has 0 radical (unpaired) electrons. The molecule has 6 aromatic rings. The largest absolute Gasteiger partial charge is 0.354 e. The van der Waals surface area contributed by atoms with Gasteiger partial charge in [-0.1, -0.05) is 38.1 Å². The summed E-state index contributed by atoms with van der Waals surface area (Å²) in [7, 11) is 0. The highest BCUT2D eigenvalue weighted by molar-refractivity contribution is 7.98. The third-order valence-electron chi connectivity index (χ3n) is 6.76. The second kappa shape index (κ2) is 10.2. The Morgan fingerprint density at radius 3 is 2.64 bits per heavy atom. The highest BCUT2D eigenvalue weighted by Gasteiger charge is 2.20. The predicted octanol–water partition coefficient (Wildman–Crippen LogP) is 8.10. The molecule has 0 aliphatic carbocycles. The summed E-state index contributed by atoms with van der Waals surface area (Å²) in [5.41, 5.74) is 7.81. The Balaban J connectivity index is 1.51. The Kier molecular flexibility index (Phi) is 6.47. The molecular formula is C32H26N6S. The average Bonchev–Trinajstić information content (AvgIpc) is 3.37. The van der Waals surface area contributed by atoms with Crippen LogP contribution in [0.1, 0.15) is 31.0 Å². The number of fused-ring (bicyclic) bond motifs is 2. The molecule has 0 fully saturated rings. The van der Waals surface area contributed by atoms with E-state index in [1.165, 1.54) is 0 Å². The molecule has 3 aromatic carbocycles. The predicted molar refractivity (Wildman–Crippen MR) is 160 cm³/mol. The summed E-state index contributed by atoms with van der Waals surface area (Å²) in [6, 6.07) is 28.5. The molecule has 6 rings (SSSR count). The number of hydrogen-bond acceptors (Lipinski definition) is 6. The first-order valence-corrected chi connectivity index (χ1v) is 14.0. The van der Waals surface area contributed by atoms with Crippen molar-refractivity contribution >= 4 is 45.1 Å². The van der Waals surface area contributed by atoms with Gasteiger partial charge in [-0.15, -0.1) is 11.8 Å². The molecule has 0 atom stereocenters. The van der Waals surface area contributed by atoms with Crippen LogP contribution in [-0.2, 0) is 0 Å². The second-order valence-electron chi connectivity index (χ2n) is 9.62. The van der Waals surface area contributed by atoms with Gasteiger partial charge in [-0.05, 0) is 72.3 Å². The van der Waals surface area contributed by atoms with Crippen molar-refractivity contribution in [1.29, 1.82) is 5.26 Å². The third kappa shape index (κ3) is 4.60. The topological polar surface area (TPSA) is 79.4 Å². The van der Waals surface area contributed by atoms with E-state index in [4.69, 9.17) is 15.1 Å². The molecule has 1 N–H and O–H groups in total. The number of nitrogens with zero attached hydrogens (tertiary/aromatic N) is 5. The van der Waals surface area contributed by atoms with Gasteiger partial charge in [-0.2, -0.15) is 10.4 Å². The smallest absolute Gasteiger partial charge is 0.163 e. The first-order valence-electron chi connectivity index (χ1n) is 12.7. The standard InChI is InChI=1S/C32H26N6S/c1-20(2)31-30-27(23-15-21-7-4-5-10-28(21)35-19-23)13-14-34-32(30)38(37-31)25-12-11-22(18-33)29(17-25)36-24-8-6-9-26(16-24)39-3/h4-17,19-20,36H,1-3H3. The molecule has 0 aliphatic heterocycles. The molecule has 0 spiro atoms. The summed E-state index contributed by atoms with van der Waals surface area (Å²) in [5.74, 6) is 0.176. The maximum absolute atomic E-state index is 9.81. The number of thioether (sulfide) groups is 1. The minimum atomic E-state index is 0.176. The Bertz CT molecular complexity index is 1880. The van der Waals surface area contributed by atoms with E-state index in [0.29, 0.717) is 5.56 Å². The van der Waals surface area contributed by atoms with Gasteiger partial charge >= 0.3 is 0 Å². The minimum absolute atomic E-state index is 0.176. The summed E-state index contributed by atoms with van der Waals surface area (Å²) >= 11 is 1.68. The third-order valence-corrected chi connectivity index (χ3v) is 7.49. The highest BCUT2D eigenvalue weighted by Crippen LogP contribution is 2.36. The zero-order valence-electron chi connectivity index (χ0n) is 21.9. The van der Waals surface area contributed by atoms with Gasteiger partial charge in [-0.3, -0.25) is 4.98 Å². The van der Waals surface area contributed by atoms with Crippen LogP contribution in [0.4, 0.5) is 11.4 Å². The Morgan fingerprint density at radius 1 is 0.949 bits per heavy atom. The van der Waals surface area contributed by atoms with Crippen molar-refractivity contribution in [3.8, 4) is 22.9 Å². The maximum atomic E-state index is 9.81. The summed E-state index contributed by atoms with van der Waals surface area (Å²) in [4.78, 5) is 10.6. The SMILES string of the molecule is CSc1cccc(Nc2cc(-n3nc(C(C)C)c4c(-c5cnc6ccccc6c5)ccnc43)ccc2C#N)c1. The summed E-state index contributed by atoms with van der Waals surface area (Å²) < 4.78 is 1.88. The monoisotopic (exact) mass is 526 g/mol. The van der Waals surface area contributed by atoms with E-state index >= 15 is 0 Å². The van der Waals surface area contributed by atoms with E-state index in [0.717, 1.165) is 60.7 Å². The molecule has 0 amide bonds. The van der Waals surface area contributed by atoms with Crippen molar-refractivity contribution < 1.29 is 0 Å². The fraction of sp³-hybridized carbons (Fsp3) is 0.125. The van der Waals surface area contributed by atoms with Crippen molar-refractivity contribution in [1.82, 2.24) is 19.7 Å². The van der Waals surface area contributed by atoms with Crippen LogP contribution in [0.25, 0.3) is 38.8 Å². The molecule has 0 saturated carbocycles. The van der Waals surface area contributed by atoms with E-state index in [1.54, 1.807) is 11.8 Å². The van der Waals surface area contributed by atoms with Gasteiger partial charge in [-0.25, -0.2) is 9.67 Å². The molecule has 0 unspecified atom stereocenters. The molecule has 0 bridgehead atoms. The van der Waals surface area contributed by atoms with E-state index in [9.17, 15) is 5.26 Å². The Labute approximate surface area is 231 Å². The average molecular weight is 527 g/mol. The fourth-order valence-electron chi connectivity index (χ4n) is 4.83. The zero-order valence-corrected chi connectivity index (χ0v) is 22.7. The van der Waals surface area contributed by atoms with Crippen LogP contribution >= 0.6 is 11.8 Å². The number of benzene rings is 3. The molecule has 0 aliphatic rings. The van der Waals surface area contributed by atoms with Crippen LogP contribution in [-0.4, -0.2) is 26.0 Å². The Hall–Kier alpha value is -4.67. The van der Waals surface area contributed by atoms with E-state index in [1.807, 2.05) is 77.9 Å².